The first-order valence-corrected chi connectivity index (χ1v) is 49.4. The van der Waals surface area contributed by atoms with Crippen LogP contribution < -0.4 is 18.9 Å². The second kappa shape index (κ2) is 56.3. The van der Waals surface area contributed by atoms with E-state index in [1.54, 1.807) is 48.5 Å². The van der Waals surface area contributed by atoms with Gasteiger partial charge in [-0.25, -0.2) is 33.7 Å². The van der Waals surface area contributed by atoms with E-state index in [-0.39, 0.29) is 40.1 Å². The minimum atomic E-state index is -3.59. The lowest BCUT2D eigenvalue weighted by Gasteiger charge is -2.06. The Kier molecular flexibility index (Phi) is 48.4. The molecule has 8 aromatic rings. The predicted molar refractivity (Wildman–Crippen MR) is 451 cm³/mol. The molecule has 4 aromatic heterocycles. The van der Waals surface area contributed by atoms with Crippen LogP contribution >= 0.6 is 45.3 Å². The molecule has 8 rings (SSSR count). The molecule has 28 heteroatoms. The van der Waals surface area contributed by atoms with Crippen LogP contribution in [0.1, 0.15) is 307 Å². The summed E-state index contributed by atoms with van der Waals surface area (Å²) in [6.45, 7) is 9.01. The maximum Gasteiger partial charge on any atom is 0.263 e. The smallest absolute Gasteiger partial charge is 0.253 e. The highest BCUT2D eigenvalue weighted by Gasteiger charge is 2.20. The molecule has 4 aromatic carbocycles. The molecule has 0 saturated heterocycles. The van der Waals surface area contributed by atoms with E-state index in [1.165, 1.54) is 275 Å². The molecule has 0 fully saturated rings. The number of benzene rings is 4. The molecule has 0 radical (unpaired) electrons. The van der Waals surface area contributed by atoms with Crippen LogP contribution in [0, 0.1) is 0 Å². The average Bonchev–Trinajstić information content (AvgIpc) is 1.12. The van der Waals surface area contributed by atoms with E-state index in [1.807, 2.05) is 48.5 Å². The quantitative estimate of drug-likeness (QED) is 0.0258. The number of anilines is 4. The highest BCUT2D eigenvalue weighted by molar-refractivity contribution is 7.93. The van der Waals surface area contributed by atoms with Crippen molar-refractivity contribution in [2.24, 2.45) is 0 Å². The SMILES string of the molecule is CCCCCCCCCCCCc1ccc(S(=O)(=O)Nc2nncs2)cc1.CCCCCCCCCCCCc1ccc(S(=O)(=O)Nc2nncs2)cc1.CCCCCCCCCCCCc1ccc(S(=O)(=O)Nc2nncs2)cc1.CCCCCCCCCCCCc1ccc(S(=O)(=O)Nc2nncs2)cc1. The van der Waals surface area contributed by atoms with E-state index in [9.17, 15) is 33.7 Å². The van der Waals surface area contributed by atoms with Crippen molar-refractivity contribution in [2.45, 2.75) is 330 Å². The molecular weight excluding hydrogens is 1510 g/mol. The Hall–Kier alpha value is -5.88. The number of nitrogens with zero attached hydrogens (tertiary/aromatic N) is 8. The van der Waals surface area contributed by atoms with E-state index in [2.05, 4.69) is 87.4 Å². The second-order valence-corrected chi connectivity index (χ2v) is 37.8. The lowest BCUT2D eigenvalue weighted by atomic mass is 10.0. The van der Waals surface area contributed by atoms with Crippen LogP contribution in [0.5, 0.6) is 0 Å². The lowest BCUT2D eigenvalue weighted by molar-refractivity contribution is 0.556. The van der Waals surface area contributed by atoms with Crippen molar-refractivity contribution >= 4 is 106 Å². The van der Waals surface area contributed by atoms with Gasteiger partial charge >= 0.3 is 0 Å². The first-order chi connectivity index (χ1) is 52.5. The average molecular weight is 1640 g/mol. The summed E-state index contributed by atoms with van der Waals surface area (Å²) in [5.41, 5.74) is 10.7. The third-order valence-corrected chi connectivity index (χ3v) is 26.9. The van der Waals surface area contributed by atoms with Crippen molar-refractivity contribution in [3.05, 3.63) is 141 Å². The topological polar surface area (TPSA) is 288 Å². The molecule has 0 spiro atoms. The summed E-state index contributed by atoms with van der Waals surface area (Å²) in [5, 5.41) is 30.5. The standard InChI is InChI=1S/4C20H31N3O2S2/c4*1-2-3-4-5-6-7-8-9-10-11-12-18-13-15-19(16-14-18)27(24,25)23-20-22-21-17-26-20/h4*13-17H,2-12H2,1H3,(H,22,23). The van der Waals surface area contributed by atoms with Gasteiger partial charge in [-0.2, -0.15) is 0 Å². The van der Waals surface area contributed by atoms with E-state index < -0.39 is 40.1 Å². The highest BCUT2D eigenvalue weighted by atomic mass is 32.2. The second-order valence-electron chi connectivity index (χ2n) is 27.7. The zero-order valence-corrected chi connectivity index (χ0v) is 71.3. The Bertz CT molecular complexity index is 3440. The summed E-state index contributed by atoms with van der Waals surface area (Å²) >= 11 is 4.64. The highest BCUT2D eigenvalue weighted by Crippen LogP contribution is 2.25. The summed E-state index contributed by atoms with van der Waals surface area (Å²) in [6.07, 6.45) is 56.9. The van der Waals surface area contributed by atoms with Gasteiger partial charge in [-0.3, -0.25) is 18.9 Å². The summed E-state index contributed by atoms with van der Waals surface area (Å²) in [7, 11) is -14.3. The Labute approximate surface area is 665 Å². The van der Waals surface area contributed by atoms with E-state index in [0.717, 1.165) is 96.7 Å². The van der Waals surface area contributed by atoms with Gasteiger partial charge in [0.1, 0.15) is 22.0 Å². The molecule has 4 heterocycles. The van der Waals surface area contributed by atoms with Gasteiger partial charge in [-0.05, 0) is 122 Å². The van der Waals surface area contributed by atoms with Gasteiger partial charge in [0.2, 0.25) is 20.5 Å². The van der Waals surface area contributed by atoms with Gasteiger partial charge < -0.3 is 0 Å². The van der Waals surface area contributed by atoms with Crippen LogP contribution in [0.4, 0.5) is 20.5 Å². The molecule has 0 saturated carbocycles. The van der Waals surface area contributed by atoms with Gasteiger partial charge in [0.25, 0.3) is 40.1 Å². The zero-order chi connectivity index (χ0) is 77.5. The maximum absolute atomic E-state index is 12.3. The Morgan fingerprint density at radius 1 is 0.222 bits per heavy atom. The molecule has 0 bridgehead atoms. The van der Waals surface area contributed by atoms with Crippen molar-refractivity contribution in [1.82, 2.24) is 40.8 Å². The number of aromatic nitrogens is 8. The van der Waals surface area contributed by atoms with Gasteiger partial charge in [0, 0.05) is 0 Å². The predicted octanol–water partition coefficient (Wildman–Crippen LogP) is 23.2. The molecule has 0 amide bonds. The number of hydrogen-bond donors (Lipinski definition) is 4. The number of hydrogen-bond acceptors (Lipinski definition) is 20. The van der Waals surface area contributed by atoms with Gasteiger partial charge in [0.05, 0.1) is 19.6 Å². The van der Waals surface area contributed by atoms with Crippen LogP contribution in [-0.4, -0.2) is 74.5 Å². The number of nitrogens with one attached hydrogen (secondary N) is 4. The lowest BCUT2D eigenvalue weighted by Crippen LogP contribution is -2.12. The molecule has 0 aliphatic carbocycles. The molecular formula is C80H124N12O8S8. The first kappa shape index (κ1) is 92.7. The number of unbranched alkanes of at least 4 members (excludes halogenated alkanes) is 36. The fourth-order valence-electron chi connectivity index (χ4n) is 12.2. The zero-order valence-electron chi connectivity index (χ0n) is 64.8. The third kappa shape index (κ3) is 41.4. The molecule has 0 atom stereocenters. The van der Waals surface area contributed by atoms with Crippen LogP contribution in [0.2, 0.25) is 0 Å². The molecule has 600 valence electrons. The van der Waals surface area contributed by atoms with Crippen LogP contribution in [0.3, 0.4) is 0 Å². The summed E-state index contributed by atoms with van der Waals surface area (Å²) in [6, 6.07) is 28.5. The molecule has 108 heavy (non-hydrogen) atoms. The first-order valence-electron chi connectivity index (χ1n) is 40.0. The fraction of sp³-hybridized carbons (Fsp3) is 0.600. The van der Waals surface area contributed by atoms with Crippen LogP contribution in [0.15, 0.2) is 139 Å². The van der Waals surface area contributed by atoms with Gasteiger partial charge in [-0.15, -0.1) is 40.8 Å². The van der Waals surface area contributed by atoms with Crippen molar-refractivity contribution in [3.8, 4) is 0 Å². The Morgan fingerprint density at radius 2 is 0.370 bits per heavy atom. The van der Waals surface area contributed by atoms with E-state index in [0.29, 0.717) is 0 Å². The largest absolute Gasteiger partial charge is 0.263 e. The van der Waals surface area contributed by atoms with E-state index >= 15 is 0 Å². The number of aryl methyl sites for hydroxylation is 4. The van der Waals surface area contributed by atoms with Crippen molar-refractivity contribution in [3.63, 3.8) is 0 Å². The summed E-state index contributed by atoms with van der Waals surface area (Å²) in [4.78, 5) is 1.02. The number of rotatable bonds is 56. The molecule has 20 nitrogen and oxygen atoms in total. The van der Waals surface area contributed by atoms with Crippen molar-refractivity contribution in [1.29, 1.82) is 0 Å². The van der Waals surface area contributed by atoms with Crippen molar-refractivity contribution in [2.75, 3.05) is 18.9 Å². The monoisotopic (exact) mass is 1640 g/mol. The molecule has 0 aliphatic rings. The maximum atomic E-state index is 12.3. The Morgan fingerprint density at radius 3 is 0.509 bits per heavy atom. The molecule has 0 unspecified atom stereocenters. The summed E-state index contributed by atoms with van der Waals surface area (Å²) < 4.78 is 108. The number of sulfonamides is 4. The van der Waals surface area contributed by atoms with Gasteiger partial charge in [0.15, 0.2) is 0 Å². The molecule has 0 aliphatic heterocycles. The van der Waals surface area contributed by atoms with Crippen molar-refractivity contribution < 1.29 is 33.7 Å². The Balaban J connectivity index is 0.000000258. The van der Waals surface area contributed by atoms with Crippen LogP contribution in [-0.2, 0) is 65.8 Å². The molecule has 4 N–H and O–H groups in total. The van der Waals surface area contributed by atoms with Crippen LogP contribution in [0.25, 0.3) is 0 Å². The van der Waals surface area contributed by atoms with E-state index in [4.69, 9.17) is 0 Å². The van der Waals surface area contributed by atoms with Gasteiger partial charge in [-0.1, -0.05) is 353 Å². The fourth-order valence-corrected chi connectivity index (χ4v) is 18.9. The minimum absolute atomic E-state index is 0.254. The normalized spacial score (nSPS) is 11.6. The summed E-state index contributed by atoms with van der Waals surface area (Å²) in [5.74, 6) is 0. The third-order valence-electron chi connectivity index (χ3n) is 18.5. The minimum Gasteiger partial charge on any atom is -0.253 e.